The van der Waals surface area contributed by atoms with E-state index in [9.17, 15) is 4.79 Å². The van der Waals surface area contributed by atoms with Crippen LogP contribution in [0.2, 0.25) is 0 Å². The van der Waals surface area contributed by atoms with Crippen molar-refractivity contribution in [3.63, 3.8) is 0 Å². The Morgan fingerprint density at radius 1 is 1.30 bits per heavy atom. The van der Waals surface area contributed by atoms with Crippen molar-refractivity contribution in [2.24, 2.45) is 0 Å². The smallest absolute Gasteiger partial charge is 0.317 e. The molecule has 146 valence electrons. The van der Waals surface area contributed by atoms with Gasteiger partial charge in [0.15, 0.2) is 0 Å². The normalized spacial score (nSPS) is 16.2. The molecule has 1 atom stereocenters. The molecule has 1 N–H and O–H groups in total. The van der Waals surface area contributed by atoms with E-state index in [4.69, 9.17) is 4.74 Å². The zero-order valence-corrected chi connectivity index (χ0v) is 16.7. The first kappa shape index (κ1) is 19.3. The number of rotatable bonds is 5. The van der Waals surface area contributed by atoms with Crippen LogP contribution in [-0.4, -0.2) is 47.0 Å². The number of nitrogens with zero attached hydrogens (tertiary/aromatic N) is 3. The molecule has 0 bridgehead atoms. The largest absolute Gasteiger partial charge is 0.496 e. The van der Waals surface area contributed by atoms with E-state index < -0.39 is 0 Å². The van der Waals surface area contributed by atoms with Gasteiger partial charge in [-0.2, -0.15) is 5.10 Å². The van der Waals surface area contributed by atoms with E-state index in [2.05, 4.69) is 28.6 Å². The molecule has 1 aliphatic rings. The molecule has 1 aromatic heterocycles. The second kappa shape index (κ2) is 8.46. The van der Waals surface area contributed by atoms with Gasteiger partial charge in [-0.25, -0.2) is 4.79 Å². The summed E-state index contributed by atoms with van der Waals surface area (Å²) in [6.07, 6.45) is 1.92. The first-order valence-corrected chi connectivity index (χ1v) is 9.67. The van der Waals surface area contributed by atoms with Gasteiger partial charge in [0.2, 0.25) is 0 Å². The SMILES string of the molecule is COc1ccccc1C1CCN(C(=O)N[C@@H](C)Cn2nc(C)cc2C)CC1. The third-order valence-electron chi connectivity index (χ3n) is 5.28. The molecule has 1 saturated heterocycles. The van der Waals surface area contributed by atoms with Crippen LogP contribution < -0.4 is 10.1 Å². The van der Waals surface area contributed by atoms with Crippen molar-refractivity contribution in [1.29, 1.82) is 0 Å². The third-order valence-corrected chi connectivity index (χ3v) is 5.28. The van der Waals surface area contributed by atoms with E-state index in [0.717, 1.165) is 43.1 Å². The van der Waals surface area contributed by atoms with Crippen molar-refractivity contribution in [2.75, 3.05) is 20.2 Å². The Balaban J connectivity index is 1.51. The number of carbonyl (C=O) groups excluding carboxylic acids is 1. The van der Waals surface area contributed by atoms with Gasteiger partial charge in [-0.15, -0.1) is 0 Å². The highest BCUT2D eigenvalue weighted by molar-refractivity contribution is 5.74. The Morgan fingerprint density at radius 3 is 2.63 bits per heavy atom. The Bertz CT molecular complexity index is 778. The second-order valence-electron chi connectivity index (χ2n) is 7.46. The minimum atomic E-state index is 0.0162. The number of aromatic nitrogens is 2. The molecule has 6 nitrogen and oxygen atoms in total. The predicted octanol–water partition coefficient (Wildman–Crippen LogP) is 3.49. The van der Waals surface area contributed by atoms with Gasteiger partial charge in [0.05, 0.1) is 19.3 Å². The Kier molecular flexibility index (Phi) is 6.04. The summed E-state index contributed by atoms with van der Waals surface area (Å²) in [6, 6.07) is 10.3. The molecule has 1 aliphatic heterocycles. The molecule has 27 heavy (non-hydrogen) atoms. The number of aryl methyl sites for hydroxylation is 2. The lowest BCUT2D eigenvalue weighted by molar-refractivity contribution is 0.176. The van der Waals surface area contributed by atoms with E-state index in [0.29, 0.717) is 12.5 Å². The highest BCUT2D eigenvalue weighted by Gasteiger charge is 2.26. The van der Waals surface area contributed by atoms with Gasteiger partial charge in [-0.3, -0.25) is 4.68 Å². The molecule has 2 aromatic rings. The minimum absolute atomic E-state index is 0.0162. The molecule has 0 radical (unpaired) electrons. The number of ether oxygens (including phenoxy) is 1. The first-order valence-electron chi connectivity index (χ1n) is 9.67. The maximum absolute atomic E-state index is 12.6. The van der Waals surface area contributed by atoms with Crippen LogP contribution in [0, 0.1) is 13.8 Å². The topological polar surface area (TPSA) is 59.4 Å². The van der Waals surface area contributed by atoms with Gasteiger partial charge >= 0.3 is 6.03 Å². The highest BCUT2D eigenvalue weighted by Crippen LogP contribution is 2.33. The number of benzene rings is 1. The molecule has 1 aromatic carbocycles. The summed E-state index contributed by atoms with van der Waals surface area (Å²) in [6.45, 7) is 8.26. The molecule has 0 unspecified atom stereocenters. The minimum Gasteiger partial charge on any atom is -0.496 e. The van der Waals surface area contributed by atoms with Crippen molar-refractivity contribution in [3.8, 4) is 5.75 Å². The van der Waals surface area contributed by atoms with Crippen LogP contribution in [0.25, 0.3) is 0 Å². The zero-order chi connectivity index (χ0) is 19.4. The number of hydrogen-bond donors (Lipinski definition) is 1. The number of para-hydroxylation sites is 1. The van der Waals surface area contributed by atoms with Crippen molar-refractivity contribution < 1.29 is 9.53 Å². The van der Waals surface area contributed by atoms with Crippen LogP contribution in [0.5, 0.6) is 5.75 Å². The lowest BCUT2D eigenvalue weighted by atomic mass is 9.89. The van der Waals surface area contributed by atoms with Crippen LogP contribution in [0.3, 0.4) is 0 Å². The van der Waals surface area contributed by atoms with Gasteiger partial charge in [-0.05, 0) is 57.2 Å². The average Bonchev–Trinajstić information content (AvgIpc) is 2.98. The summed E-state index contributed by atoms with van der Waals surface area (Å²) < 4.78 is 7.44. The van der Waals surface area contributed by atoms with Crippen molar-refractivity contribution in [3.05, 3.63) is 47.3 Å². The third kappa shape index (κ3) is 4.62. The van der Waals surface area contributed by atoms with Crippen LogP contribution in [0.1, 0.15) is 42.6 Å². The molecule has 2 heterocycles. The number of hydrogen-bond acceptors (Lipinski definition) is 3. The Morgan fingerprint density at radius 2 is 2.00 bits per heavy atom. The Labute approximate surface area is 161 Å². The fourth-order valence-corrected chi connectivity index (χ4v) is 3.86. The molecule has 0 aliphatic carbocycles. The summed E-state index contributed by atoms with van der Waals surface area (Å²) in [4.78, 5) is 14.5. The molecule has 3 rings (SSSR count). The maximum atomic E-state index is 12.6. The van der Waals surface area contributed by atoms with Crippen LogP contribution in [-0.2, 0) is 6.54 Å². The molecular formula is C21H30N4O2. The zero-order valence-electron chi connectivity index (χ0n) is 16.7. The molecule has 0 saturated carbocycles. The number of piperidine rings is 1. The molecule has 2 amide bonds. The fourth-order valence-electron chi connectivity index (χ4n) is 3.86. The number of urea groups is 1. The quantitative estimate of drug-likeness (QED) is 0.876. The number of carbonyl (C=O) groups is 1. The van der Waals surface area contributed by atoms with Crippen molar-refractivity contribution in [2.45, 2.75) is 52.1 Å². The summed E-state index contributed by atoms with van der Waals surface area (Å²) >= 11 is 0. The van der Waals surface area contributed by atoms with Crippen LogP contribution in [0.15, 0.2) is 30.3 Å². The number of likely N-dealkylation sites (tertiary alicyclic amines) is 1. The van der Waals surface area contributed by atoms with Gasteiger partial charge in [0, 0.05) is 24.8 Å². The van der Waals surface area contributed by atoms with E-state index in [1.165, 1.54) is 5.56 Å². The lowest BCUT2D eigenvalue weighted by Gasteiger charge is -2.33. The second-order valence-corrected chi connectivity index (χ2v) is 7.46. The van der Waals surface area contributed by atoms with Gasteiger partial charge < -0.3 is 15.0 Å². The van der Waals surface area contributed by atoms with Crippen molar-refractivity contribution >= 4 is 6.03 Å². The average molecular weight is 370 g/mol. The van der Waals surface area contributed by atoms with E-state index in [1.807, 2.05) is 42.5 Å². The number of methoxy groups -OCH3 is 1. The van der Waals surface area contributed by atoms with E-state index >= 15 is 0 Å². The van der Waals surface area contributed by atoms with Gasteiger partial charge in [-0.1, -0.05) is 18.2 Å². The monoisotopic (exact) mass is 370 g/mol. The Hall–Kier alpha value is -2.50. The number of nitrogens with one attached hydrogen (secondary N) is 1. The first-order chi connectivity index (χ1) is 13.0. The van der Waals surface area contributed by atoms with E-state index in [1.54, 1.807) is 7.11 Å². The summed E-state index contributed by atoms with van der Waals surface area (Å²) in [7, 11) is 1.71. The standard InChI is InChI=1S/C21H30N4O2/c1-15-13-17(3)25(23-15)14-16(2)22-21(26)24-11-9-18(10-12-24)19-7-5-6-8-20(19)27-4/h5-8,13,16,18H,9-12,14H2,1-4H3,(H,22,26)/t16-/m0/s1. The fraction of sp³-hybridized carbons (Fsp3) is 0.524. The maximum Gasteiger partial charge on any atom is 0.317 e. The summed E-state index contributed by atoms with van der Waals surface area (Å²) in [5, 5.41) is 7.58. The predicted molar refractivity (Wildman–Crippen MR) is 106 cm³/mol. The molecular weight excluding hydrogens is 340 g/mol. The van der Waals surface area contributed by atoms with E-state index in [-0.39, 0.29) is 12.1 Å². The van der Waals surface area contributed by atoms with Gasteiger partial charge in [0.25, 0.3) is 0 Å². The van der Waals surface area contributed by atoms with Gasteiger partial charge in [0.1, 0.15) is 5.75 Å². The molecule has 6 heteroatoms. The van der Waals surface area contributed by atoms with Crippen molar-refractivity contribution in [1.82, 2.24) is 20.0 Å². The van der Waals surface area contributed by atoms with Crippen LogP contribution in [0.4, 0.5) is 4.79 Å². The van der Waals surface area contributed by atoms with Crippen LogP contribution >= 0.6 is 0 Å². The lowest BCUT2D eigenvalue weighted by Crippen LogP contribution is -2.48. The molecule has 0 spiro atoms. The summed E-state index contributed by atoms with van der Waals surface area (Å²) in [5.41, 5.74) is 3.37. The molecule has 1 fully saturated rings. The highest BCUT2D eigenvalue weighted by atomic mass is 16.5. The number of amides is 2. The summed E-state index contributed by atoms with van der Waals surface area (Å²) in [5.74, 6) is 1.39.